The van der Waals surface area contributed by atoms with Crippen LogP contribution in [0.1, 0.15) is 67.2 Å². The van der Waals surface area contributed by atoms with Gasteiger partial charge in [-0.15, -0.1) is 11.3 Å². The second kappa shape index (κ2) is 15.1. The highest BCUT2D eigenvalue weighted by atomic mass is 32.1. The van der Waals surface area contributed by atoms with Crippen LogP contribution in [-0.2, 0) is 30.0 Å². The largest absolute Gasteiger partial charge is 0.418 e. The van der Waals surface area contributed by atoms with E-state index in [1.54, 1.807) is 9.80 Å². The Morgan fingerprint density at radius 1 is 0.843 bits per heavy atom. The van der Waals surface area contributed by atoms with Gasteiger partial charge in [-0.25, -0.2) is 9.59 Å². The molecule has 280 valence electrons. The molecule has 2 aromatic rings. The summed E-state index contributed by atoms with van der Waals surface area (Å²) in [6.45, 7) is 3.65. The predicted octanol–water partition coefficient (Wildman–Crippen LogP) is 6.02. The maximum absolute atomic E-state index is 14.0. The minimum atomic E-state index is -5.18. The first-order valence-corrected chi connectivity index (χ1v) is 18.4. The number of anilines is 2. The lowest BCUT2D eigenvalue weighted by Crippen LogP contribution is -2.57. The van der Waals surface area contributed by atoms with Gasteiger partial charge in [-0.3, -0.25) is 4.79 Å². The second-order valence-corrected chi connectivity index (χ2v) is 14.6. The molecular formula is C34H43F6N7O3S. The van der Waals surface area contributed by atoms with Crippen molar-refractivity contribution in [1.29, 1.82) is 0 Å². The fourth-order valence-electron chi connectivity index (χ4n) is 7.82. The van der Waals surface area contributed by atoms with E-state index >= 15 is 0 Å². The van der Waals surface area contributed by atoms with Crippen LogP contribution in [0.25, 0.3) is 0 Å². The molecular weight excluding hydrogens is 700 g/mol. The van der Waals surface area contributed by atoms with Gasteiger partial charge in [0.05, 0.1) is 22.5 Å². The summed E-state index contributed by atoms with van der Waals surface area (Å²) in [6, 6.07) is -1.11. The molecule has 17 heteroatoms. The zero-order chi connectivity index (χ0) is 36.5. The van der Waals surface area contributed by atoms with Crippen molar-refractivity contribution < 1.29 is 40.7 Å². The minimum absolute atomic E-state index is 0.142. The molecule has 4 N–H and O–H groups in total. The van der Waals surface area contributed by atoms with E-state index in [0.717, 1.165) is 37.2 Å². The van der Waals surface area contributed by atoms with Gasteiger partial charge in [-0.2, -0.15) is 26.3 Å². The topological polar surface area (TPSA) is 114 Å². The van der Waals surface area contributed by atoms with Gasteiger partial charge in [0.25, 0.3) is 0 Å². The number of urea groups is 2. The molecule has 3 fully saturated rings. The van der Waals surface area contributed by atoms with Crippen molar-refractivity contribution >= 4 is 40.7 Å². The number of alkyl halides is 6. The maximum Gasteiger partial charge on any atom is 0.418 e. The van der Waals surface area contributed by atoms with Gasteiger partial charge in [-0.1, -0.05) is 6.42 Å². The fraction of sp³-hybridized carbons (Fsp3) is 0.618. The zero-order valence-corrected chi connectivity index (χ0v) is 28.9. The van der Waals surface area contributed by atoms with Crippen molar-refractivity contribution in [2.24, 2.45) is 0 Å². The Bertz CT molecular complexity index is 1540. The highest BCUT2D eigenvalue weighted by Gasteiger charge is 2.42. The van der Waals surface area contributed by atoms with Crippen LogP contribution >= 0.6 is 11.3 Å². The number of rotatable bonds is 6. The summed E-state index contributed by atoms with van der Waals surface area (Å²) in [4.78, 5) is 47.8. The molecule has 5 amide bonds. The Morgan fingerprint density at radius 2 is 1.43 bits per heavy atom. The number of fused-ring (bicyclic) bond motifs is 1. The molecule has 0 aliphatic carbocycles. The first-order chi connectivity index (χ1) is 24.2. The van der Waals surface area contributed by atoms with Crippen molar-refractivity contribution in [3.05, 3.63) is 45.1 Å². The highest BCUT2D eigenvalue weighted by Crippen LogP contribution is 2.42. The quantitative estimate of drug-likeness (QED) is 0.248. The molecule has 5 heterocycles. The summed E-state index contributed by atoms with van der Waals surface area (Å²) >= 11 is 1.51. The lowest BCUT2D eigenvalue weighted by Gasteiger charge is -2.41. The van der Waals surface area contributed by atoms with Crippen LogP contribution in [0.15, 0.2) is 22.9 Å². The number of nitrogen functional groups attached to an aromatic ring is 1. The third-order valence-corrected chi connectivity index (χ3v) is 11.4. The molecule has 1 aromatic carbocycles. The Morgan fingerprint density at radius 3 is 2.04 bits per heavy atom. The van der Waals surface area contributed by atoms with E-state index in [1.165, 1.54) is 22.7 Å². The molecule has 10 nitrogen and oxygen atoms in total. The van der Waals surface area contributed by atoms with E-state index in [2.05, 4.69) is 15.5 Å². The van der Waals surface area contributed by atoms with E-state index in [9.17, 15) is 40.7 Å². The molecule has 51 heavy (non-hydrogen) atoms. The van der Waals surface area contributed by atoms with E-state index in [4.69, 9.17) is 5.73 Å². The van der Waals surface area contributed by atoms with Crippen LogP contribution in [0.2, 0.25) is 0 Å². The molecule has 1 aromatic heterocycles. The highest BCUT2D eigenvalue weighted by molar-refractivity contribution is 7.08. The first kappa shape index (κ1) is 37.0. The molecule has 4 aliphatic rings. The number of hydrogen-bond donors (Lipinski definition) is 3. The summed E-state index contributed by atoms with van der Waals surface area (Å²) in [5, 5.41) is 9.48. The Balaban J connectivity index is 1.17. The maximum atomic E-state index is 14.0. The van der Waals surface area contributed by atoms with Gasteiger partial charge in [-0.05, 0) is 86.7 Å². The van der Waals surface area contributed by atoms with E-state index in [-0.39, 0.29) is 31.2 Å². The van der Waals surface area contributed by atoms with Gasteiger partial charge >= 0.3 is 24.4 Å². The third kappa shape index (κ3) is 8.50. The predicted molar refractivity (Wildman–Crippen MR) is 180 cm³/mol. The summed E-state index contributed by atoms with van der Waals surface area (Å²) in [5.41, 5.74) is 2.04. The molecule has 0 spiro atoms. The fourth-order valence-corrected chi connectivity index (χ4v) is 8.64. The Labute approximate surface area is 296 Å². The van der Waals surface area contributed by atoms with Gasteiger partial charge in [0.2, 0.25) is 5.91 Å². The number of carbonyl (C=O) groups excluding carboxylic acids is 3. The number of nitrogens with two attached hydrogens (primary N) is 1. The first-order valence-electron chi connectivity index (χ1n) is 17.5. The van der Waals surface area contributed by atoms with Crippen molar-refractivity contribution in [2.45, 2.75) is 88.3 Å². The van der Waals surface area contributed by atoms with Crippen LogP contribution in [0.3, 0.4) is 0 Å². The van der Waals surface area contributed by atoms with Crippen LogP contribution in [-0.4, -0.2) is 102 Å². The number of amides is 5. The molecule has 0 saturated carbocycles. The van der Waals surface area contributed by atoms with Crippen LogP contribution in [0.4, 0.5) is 47.3 Å². The normalized spacial score (nSPS) is 20.8. The molecule has 3 saturated heterocycles. The number of carbonyl (C=O) groups is 3. The van der Waals surface area contributed by atoms with E-state index in [0.29, 0.717) is 63.9 Å². The molecule has 6 rings (SSSR count). The van der Waals surface area contributed by atoms with Crippen LogP contribution < -0.4 is 16.4 Å². The molecule has 0 bridgehead atoms. The van der Waals surface area contributed by atoms with Gasteiger partial charge in [0.15, 0.2) is 0 Å². The number of thiophene rings is 1. The smallest absolute Gasteiger partial charge is 0.398 e. The van der Waals surface area contributed by atoms with E-state index < -0.39 is 59.1 Å². The lowest BCUT2D eigenvalue weighted by molar-refractivity contribution is -0.141. The molecule has 0 unspecified atom stereocenters. The van der Waals surface area contributed by atoms with Crippen LogP contribution in [0, 0.1) is 0 Å². The lowest BCUT2D eigenvalue weighted by atomic mass is 9.95. The average Bonchev–Trinajstić information content (AvgIpc) is 3.47. The number of piperidine rings is 3. The molecule has 1 atom stereocenters. The summed E-state index contributed by atoms with van der Waals surface area (Å²) in [5.74, 6) is -0.567. The number of hydrogen-bond acceptors (Lipinski definition) is 6. The van der Waals surface area contributed by atoms with Gasteiger partial charge < -0.3 is 36.0 Å². The SMILES string of the molecule is Nc1c(C(F)(F)F)cc(C[C@@H](NC(=O)N2CCC(N3CCc4cscc4NC3=O)CC2)C(=O)N2CCC(N3CCCCC3)CC2)cc1C(F)(F)F. The number of nitrogens with one attached hydrogen (secondary N) is 2. The van der Waals surface area contributed by atoms with Gasteiger partial charge in [0.1, 0.15) is 6.04 Å². The van der Waals surface area contributed by atoms with Gasteiger partial charge in [0, 0.05) is 56.6 Å². The number of benzene rings is 1. The van der Waals surface area contributed by atoms with Crippen molar-refractivity contribution in [2.75, 3.05) is 56.9 Å². The summed E-state index contributed by atoms with van der Waals surface area (Å²) in [6.07, 6.45) is -4.62. The van der Waals surface area contributed by atoms with Crippen molar-refractivity contribution in [3.8, 4) is 0 Å². The van der Waals surface area contributed by atoms with Crippen molar-refractivity contribution in [1.82, 2.24) is 24.9 Å². The number of nitrogens with zero attached hydrogens (tertiary/aromatic N) is 4. The Kier molecular flexibility index (Phi) is 11.0. The number of likely N-dealkylation sites (tertiary alicyclic amines) is 3. The standard InChI is InChI=1S/C34H43F6N7O3S/c35-33(36,37)25-16-21(17-26(29(25)41)34(38,39)40)18-27(30(48)45-11-5-23(6-12-45)44-9-2-1-3-10-44)42-31(49)46-13-7-24(8-14-46)47-15-4-22-19-51-20-28(22)43-32(47)50/h16-17,19-20,23-24,27H,1-15,18,41H2,(H,42,49)(H,43,50)/t27-/m1/s1. The van der Waals surface area contributed by atoms with E-state index in [1.807, 2.05) is 10.8 Å². The summed E-state index contributed by atoms with van der Waals surface area (Å²) < 4.78 is 83.2. The third-order valence-electron chi connectivity index (χ3n) is 10.6. The molecule has 0 radical (unpaired) electrons. The summed E-state index contributed by atoms with van der Waals surface area (Å²) in [7, 11) is 0. The zero-order valence-electron chi connectivity index (χ0n) is 28.1. The number of halogens is 6. The molecule has 4 aliphatic heterocycles. The minimum Gasteiger partial charge on any atom is -0.398 e. The average molecular weight is 744 g/mol. The Hall–Kier alpha value is -3.73. The monoisotopic (exact) mass is 743 g/mol. The van der Waals surface area contributed by atoms with Crippen molar-refractivity contribution in [3.63, 3.8) is 0 Å². The second-order valence-electron chi connectivity index (χ2n) is 13.9. The van der Waals surface area contributed by atoms with Crippen LogP contribution in [0.5, 0.6) is 0 Å².